The monoisotopic (exact) mass is 352 g/mol. The summed E-state index contributed by atoms with van der Waals surface area (Å²) in [5.41, 5.74) is 0.962. The van der Waals surface area contributed by atoms with E-state index in [1.807, 2.05) is 18.2 Å². The van der Waals surface area contributed by atoms with Crippen molar-refractivity contribution in [2.75, 3.05) is 19.7 Å². The molecule has 138 valence electrons. The summed E-state index contributed by atoms with van der Waals surface area (Å²) in [7, 11) is 0. The molecule has 3 atom stereocenters. The Bertz CT molecular complexity index is 679. The molecule has 0 spiro atoms. The minimum absolute atomic E-state index is 0.148. The van der Waals surface area contributed by atoms with Crippen LogP contribution in [0.4, 0.5) is 0 Å². The maximum Gasteiger partial charge on any atom is 0.155 e. The van der Waals surface area contributed by atoms with Crippen LogP contribution in [0.5, 0.6) is 0 Å². The second kappa shape index (κ2) is 8.62. The Morgan fingerprint density at radius 3 is 2.88 bits per heavy atom. The SMILES string of the molecule is CCN1CC[C@@H]2CC(=O)C=C[C@]2(CCCOCc2ccccc2)C1C#N. The third-order valence-corrected chi connectivity index (χ3v) is 5.96. The molecule has 1 heterocycles. The van der Waals surface area contributed by atoms with E-state index in [9.17, 15) is 10.1 Å². The van der Waals surface area contributed by atoms with Gasteiger partial charge in [-0.25, -0.2) is 0 Å². The van der Waals surface area contributed by atoms with Crippen molar-refractivity contribution in [3.8, 4) is 6.07 Å². The molecule has 1 aromatic carbocycles. The van der Waals surface area contributed by atoms with Crippen LogP contribution >= 0.6 is 0 Å². The number of fused-ring (bicyclic) bond motifs is 1. The number of ether oxygens (including phenoxy) is 1. The number of rotatable bonds is 7. The van der Waals surface area contributed by atoms with E-state index in [0.29, 0.717) is 19.6 Å². The molecule has 1 aliphatic heterocycles. The van der Waals surface area contributed by atoms with Crippen LogP contribution < -0.4 is 0 Å². The number of hydrogen-bond donors (Lipinski definition) is 0. The van der Waals surface area contributed by atoms with E-state index in [-0.39, 0.29) is 23.2 Å². The number of nitriles is 1. The number of benzene rings is 1. The summed E-state index contributed by atoms with van der Waals surface area (Å²) in [5, 5.41) is 9.87. The Hall–Kier alpha value is -1.96. The van der Waals surface area contributed by atoms with Crippen molar-refractivity contribution in [1.82, 2.24) is 4.90 Å². The summed E-state index contributed by atoms with van der Waals surface area (Å²) in [6, 6.07) is 12.6. The van der Waals surface area contributed by atoms with Crippen molar-refractivity contribution in [2.45, 2.75) is 45.3 Å². The Morgan fingerprint density at radius 1 is 1.35 bits per heavy atom. The molecule has 0 N–H and O–H groups in total. The van der Waals surface area contributed by atoms with E-state index in [4.69, 9.17) is 4.74 Å². The van der Waals surface area contributed by atoms with Crippen LogP contribution in [-0.2, 0) is 16.1 Å². The summed E-state index contributed by atoms with van der Waals surface area (Å²) in [5.74, 6) is 0.481. The summed E-state index contributed by atoms with van der Waals surface area (Å²) in [4.78, 5) is 14.2. The van der Waals surface area contributed by atoms with Crippen molar-refractivity contribution in [1.29, 1.82) is 5.26 Å². The summed E-state index contributed by atoms with van der Waals surface area (Å²) >= 11 is 0. The lowest BCUT2D eigenvalue weighted by atomic mass is 9.60. The molecular formula is C22H28N2O2. The van der Waals surface area contributed by atoms with Gasteiger partial charge in [0.25, 0.3) is 0 Å². The smallest absolute Gasteiger partial charge is 0.155 e. The molecule has 1 aromatic rings. The highest BCUT2D eigenvalue weighted by Gasteiger charge is 2.50. The highest BCUT2D eigenvalue weighted by molar-refractivity contribution is 5.91. The maximum absolute atomic E-state index is 11.9. The van der Waals surface area contributed by atoms with Gasteiger partial charge in [0.05, 0.1) is 12.7 Å². The number of allylic oxidation sites excluding steroid dienone is 1. The molecule has 4 heteroatoms. The van der Waals surface area contributed by atoms with E-state index < -0.39 is 0 Å². The van der Waals surface area contributed by atoms with Crippen LogP contribution in [0.15, 0.2) is 42.5 Å². The molecule has 0 radical (unpaired) electrons. The van der Waals surface area contributed by atoms with Gasteiger partial charge >= 0.3 is 0 Å². The number of likely N-dealkylation sites (tertiary alicyclic amines) is 1. The van der Waals surface area contributed by atoms with Gasteiger partial charge in [-0.1, -0.05) is 43.3 Å². The quantitative estimate of drug-likeness (QED) is 0.702. The van der Waals surface area contributed by atoms with Crippen LogP contribution in [0.3, 0.4) is 0 Å². The molecule has 0 amide bonds. The second-order valence-electron chi connectivity index (χ2n) is 7.40. The largest absolute Gasteiger partial charge is 0.377 e. The predicted molar refractivity (Wildman–Crippen MR) is 101 cm³/mol. The first-order valence-corrected chi connectivity index (χ1v) is 9.67. The number of nitrogens with zero attached hydrogens (tertiary/aromatic N) is 2. The van der Waals surface area contributed by atoms with Crippen molar-refractivity contribution in [3.05, 3.63) is 48.0 Å². The van der Waals surface area contributed by atoms with Crippen LogP contribution in [0.2, 0.25) is 0 Å². The molecule has 1 fully saturated rings. The molecule has 2 aliphatic rings. The average Bonchev–Trinajstić information content (AvgIpc) is 2.68. The first-order valence-electron chi connectivity index (χ1n) is 9.67. The predicted octanol–water partition coefficient (Wildman–Crippen LogP) is 3.73. The Balaban J connectivity index is 1.64. The minimum atomic E-state index is -0.215. The van der Waals surface area contributed by atoms with Gasteiger partial charge in [-0.3, -0.25) is 9.69 Å². The highest BCUT2D eigenvalue weighted by atomic mass is 16.5. The zero-order valence-electron chi connectivity index (χ0n) is 15.6. The normalized spacial score (nSPS) is 28.5. The number of carbonyl (C=O) groups excluding carboxylic acids is 1. The molecule has 3 rings (SSSR count). The fraction of sp³-hybridized carbons (Fsp3) is 0.545. The lowest BCUT2D eigenvalue weighted by Gasteiger charge is -2.51. The zero-order valence-corrected chi connectivity index (χ0v) is 15.6. The number of piperidine rings is 1. The fourth-order valence-corrected chi connectivity index (χ4v) is 4.57. The van der Waals surface area contributed by atoms with Gasteiger partial charge in [0.1, 0.15) is 6.04 Å². The van der Waals surface area contributed by atoms with E-state index >= 15 is 0 Å². The topological polar surface area (TPSA) is 53.3 Å². The maximum atomic E-state index is 11.9. The molecule has 26 heavy (non-hydrogen) atoms. The summed E-state index contributed by atoms with van der Waals surface area (Å²) in [6.07, 6.45) is 7.13. The number of hydrogen-bond acceptors (Lipinski definition) is 4. The second-order valence-corrected chi connectivity index (χ2v) is 7.40. The Kier molecular flexibility index (Phi) is 6.24. The van der Waals surface area contributed by atoms with E-state index in [1.165, 1.54) is 5.56 Å². The lowest BCUT2D eigenvalue weighted by Crippen LogP contribution is -2.56. The summed E-state index contributed by atoms with van der Waals surface area (Å²) in [6.45, 7) is 5.19. The average molecular weight is 352 g/mol. The van der Waals surface area contributed by atoms with Crippen LogP contribution in [-0.4, -0.2) is 36.4 Å². The summed E-state index contributed by atoms with van der Waals surface area (Å²) < 4.78 is 5.84. The van der Waals surface area contributed by atoms with Gasteiger partial charge in [-0.2, -0.15) is 5.26 Å². The van der Waals surface area contributed by atoms with E-state index in [1.54, 1.807) is 6.08 Å². The fourth-order valence-electron chi connectivity index (χ4n) is 4.57. The molecule has 0 bridgehead atoms. The van der Waals surface area contributed by atoms with Gasteiger partial charge < -0.3 is 4.74 Å². The molecular weight excluding hydrogens is 324 g/mol. The number of ketones is 1. The first-order chi connectivity index (χ1) is 12.7. The molecule has 0 aromatic heterocycles. The Morgan fingerprint density at radius 2 is 2.15 bits per heavy atom. The van der Waals surface area contributed by atoms with Crippen molar-refractivity contribution >= 4 is 5.78 Å². The third kappa shape index (κ3) is 3.90. The van der Waals surface area contributed by atoms with Crippen LogP contribution in [0.25, 0.3) is 0 Å². The van der Waals surface area contributed by atoms with Gasteiger partial charge in [0, 0.05) is 18.4 Å². The van der Waals surface area contributed by atoms with Gasteiger partial charge in [-0.15, -0.1) is 0 Å². The van der Waals surface area contributed by atoms with E-state index in [0.717, 1.165) is 32.4 Å². The molecule has 4 nitrogen and oxygen atoms in total. The highest BCUT2D eigenvalue weighted by Crippen LogP contribution is 2.49. The standard InChI is InChI=1S/C22H28N2O2/c1-2-24-13-10-19-15-20(25)9-12-22(19,21(24)16-23)11-6-14-26-17-18-7-4-3-5-8-18/h3-5,7-9,12,19,21H,2,6,10-11,13-15,17H2,1H3/t19-,21?,22+/m1/s1. The lowest BCUT2D eigenvalue weighted by molar-refractivity contribution is -0.119. The van der Waals surface area contributed by atoms with E-state index in [2.05, 4.69) is 36.1 Å². The van der Waals surface area contributed by atoms with Crippen molar-refractivity contribution in [3.63, 3.8) is 0 Å². The van der Waals surface area contributed by atoms with Crippen LogP contribution in [0, 0.1) is 22.7 Å². The first kappa shape index (κ1) is 18.8. The minimum Gasteiger partial charge on any atom is -0.377 e. The van der Waals surface area contributed by atoms with Gasteiger partial charge in [0.15, 0.2) is 5.78 Å². The molecule has 1 unspecified atom stereocenters. The zero-order chi connectivity index (χ0) is 18.4. The van der Waals surface area contributed by atoms with Gasteiger partial charge in [0.2, 0.25) is 0 Å². The Labute approximate surface area is 156 Å². The molecule has 1 saturated heterocycles. The number of carbonyl (C=O) groups is 1. The molecule has 1 aliphatic carbocycles. The van der Waals surface area contributed by atoms with Crippen LogP contribution in [0.1, 0.15) is 38.2 Å². The van der Waals surface area contributed by atoms with Crippen molar-refractivity contribution < 1.29 is 9.53 Å². The van der Waals surface area contributed by atoms with Crippen molar-refractivity contribution in [2.24, 2.45) is 11.3 Å². The molecule has 0 saturated carbocycles. The third-order valence-electron chi connectivity index (χ3n) is 5.96. The van der Waals surface area contributed by atoms with Gasteiger partial charge in [-0.05, 0) is 49.9 Å².